The van der Waals surface area contributed by atoms with E-state index in [1.54, 1.807) is 30.3 Å². The maximum atomic E-state index is 12.2. The molecule has 0 spiro atoms. The molecule has 1 aliphatic heterocycles. The second kappa shape index (κ2) is 7.88. The quantitative estimate of drug-likeness (QED) is 0.795. The molecule has 26 heavy (non-hydrogen) atoms. The molecule has 132 valence electrons. The van der Waals surface area contributed by atoms with Gasteiger partial charge >= 0.3 is 0 Å². The molecule has 0 atom stereocenters. The standard InChI is InChI=1S/C19H17N3O3S/c1-12-4-2-3-5-15(12)21-19-22-18(24)16(26-19)10-13-6-8-14(9-7-13)25-11-17(20)23/h2-10H,11H2,1H3,(H2,20,23)(H,21,22,24)/b16-10-. The largest absolute Gasteiger partial charge is 0.484 e. The summed E-state index contributed by atoms with van der Waals surface area (Å²) in [6, 6.07) is 14.8. The van der Waals surface area contributed by atoms with Gasteiger partial charge in [0.1, 0.15) is 5.75 Å². The summed E-state index contributed by atoms with van der Waals surface area (Å²) in [5.41, 5.74) is 7.75. The molecule has 1 aliphatic rings. The van der Waals surface area contributed by atoms with Crippen LogP contribution in [0.15, 0.2) is 58.4 Å². The van der Waals surface area contributed by atoms with Crippen molar-refractivity contribution < 1.29 is 14.3 Å². The van der Waals surface area contributed by atoms with Crippen molar-refractivity contribution >= 4 is 40.5 Å². The van der Waals surface area contributed by atoms with E-state index in [0.717, 1.165) is 16.8 Å². The number of aliphatic imine (C=N–C) groups is 1. The Morgan fingerprint density at radius 1 is 1.23 bits per heavy atom. The number of aryl methyl sites for hydroxylation is 1. The van der Waals surface area contributed by atoms with Gasteiger partial charge in [-0.2, -0.15) is 0 Å². The van der Waals surface area contributed by atoms with Crippen LogP contribution in [0.25, 0.3) is 6.08 Å². The van der Waals surface area contributed by atoms with E-state index in [0.29, 0.717) is 15.8 Å². The van der Waals surface area contributed by atoms with Crippen molar-refractivity contribution in [3.63, 3.8) is 0 Å². The van der Waals surface area contributed by atoms with E-state index < -0.39 is 5.91 Å². The maximum absolute atomic E-state index is 12.2. The lowest BCUT2D eigenvalue weighted by atomic mass is 10.2. The Balaban J connectivity index is 1.72. The lowest BCUT2D eigenvalue weighted by Gasteiger charge is -2.03. The van der Waals surface area contributed by atoms with E-state index in [9.17, 15) is 9.59 Å². The van der Waals surface area contributed by atoms with Crippen LogP contribution < -0.4 is 15.8 Å². The summed E-state index contributed by atoms with van der Waals surface area (Å²) in [5.74, 6) is -0.177. The van der Waals surface area contributed by atoms with Gasteiger partial charge in [-0.05, 0) is 54.1 Å². The zero-order chi connectivity index (χ0) is 18.5. The van der Waals surface area contributed by atoms with Gasteiger partial charge in [0.05, 0.1) is 10.6 Å². The Kier molecular flexibility index (Phi) is 5.38. The number of hydrogen-bond acceptors (Lipinski definition) is 5. The Morgan fingerprint density at radius 2 is 1.96 bits per heavy atom. The van der Waals surface area contributed by atoms with E-state index >= 15 is 0 Å². The van der Waals surface area contributed by atoms with Crippen LogP contribution in [-0.4, -0.2) is 23.6 Å². The topological polar surface area (TPSA) is 93.8 Å². The Morgan fingerprint density at radius 3 is 2.65 bits per heavy atom. The Labute approximate surface area is 155 Å². The highest BCUT2D eigenvalue weighted by atomic mass is 32.2. The normalized spacial score (nSPS) is 16.7. The number of nitrogens with two attached hydrogens (primary N) is 1. The third kappa shape index (κ3) is 4.52. The number of carbonyl (C=O) groups is 2. The number of thioether (sulfide) groups is 1. The summed E-state index contributed by atoms with van der Waals surface area (Å²) in [4.78, 5) is 27.9. The molecule has 3 rings (SSSR count). The Hall–Kier alpha value is -3.06. The highest BCUT2D eigenvalue weighted by Crippen LogP contribution is 2.29. The summed E-state index contributed by atoms with van der Waals surface area (Å²) in [7, 11) is 0. The number of amidine groups is 1. The van der Waals surface area contributed by atoms with Crippen molar-refractivity contribution in [1.82, 2.24) is 5.32 Å². The monoisotopic (exact) mass is 367 g/mol. The van der Waals surface area contributed by atoms with Crippen molar-refractivity contribution in [2.24, 2.45) is 10.7 Å². The second-order valence-corrected chi connectivity index (χ2v) is 6.62. The van der Waals surface area contributed by atoms with E-state index in [2.05, 4.69) is 10.3 Å². The van der Waals surface area contributed by atoms with E-state index in [1.165, 1.54) is 11.8 Å². The van der Waals surface area contributed by atoms with Crippen LogP contribution in [0, 0.1) is 6.92 Å². The number of ether oxygens (including phenoxy) is 1. The van der Waals surface area contributed by atoms with E-state index in [4.69, 9.17) is 10.5 Å². The van der Waals surface area contributed by atoms with Crippen molar-refractivity contribution in [2.45, 2.75) is 6.92 Å². The third-order valence-corrected chi connectivity index (χ3v) is 4.46. The first-order valence-corrected chi connectivity index (χ1v) is 8.69. The number of amides is 2. The molecule has 0 aliphatic carbocycles. The highest BCUT2D eigenvalue weighted by molar-refractivity contribution is 8.18. The van der Waals surface area contributed by atoms with Crippen molar-refractivity contribution in [3.05, 3.63) is 64.6 Å². The zero-order valence-corrected chi connectivity index (χ0v) is 14.9. The molecule has 0 bridgehead atoms. The maximum Gasteiger partial charge on any atom is 0.264 e. The molecule has 7 heteroatoms. The number of para-hydroxylation sites is 1. The molecule has 0 unspecified atom stereocenters. The molecule has 3 N–H and O–H groups in total. The molecule has 2 amide bonds. The van der Waals surface area contributed by atoms with Crippen LogP contribution in [0.1, 0.15) is 11.1 Å². The number of hydrogen-bond donors (Lipinski definition) is 2. The average molecular weight is 367 g/mol. The lowest BCUT2D eigenvalue weighted by molar-refractivity contribution is -0.120. The van der Waals surface area contributed by atoms with Crippen LogP contribution in [0.3, 0.4) is 0 Å². The van der Waals surface area contributed by atoms with Gasteiger partial charge in [0.25, 0.3) is 11.8 Å². The molecule has 2 aromatic carbocycles. The summed E-state index contributed by atoms with van der Waals surface area (Å²) in [5, 5.41) is 3.33. The van der Waals surface area contributed by atoms with Crippen molar-refractivity contribution in [3.8, 4) is 5.75 Å². The number of nitrogens with one attached hydrogen (secondary N) is 1. The number of rotatable bonds is 5. The molecular formula is C19H17N3O3S. The predicted octanol–water partition coefficient (Wildman–Crippen LogP) is 2.75. The summed E-state index contributed by atoms with van der Waals surface area (Å²) >= 11 is 1.29. The number of benzene rings is 2. The smallest absolute Gasteiger partial charge is 0.264 e. The fourth-order valence-corrected chi connectivity index (χ4v) is 3.08. The molecule has 0 aromatic heterocycles. The van der Waals surface area contributed by atoms with Gasteiger partial charge in [0.2, 0.25) is 0 Å². The molecule has 2 aromatic rings. The first-order chi connectivity index (χ1) is 12.5. The van der Waals surface area contributed by atoms with Gasteiger partial charge in [0, 0.05) is 0 Å². The van der Waals surface area contributed by atoms with Crippen molar-refractivity contribution in [2.75, 3.05) is 6.61 Å². The molecule has 0 radical (unpaired) electrons. The summed E-state index contributed by atoms with van der Waals surface area (Å²) in [6.07, 6.45) is 1.78. The SMILES string of the molecule is Cc1ccccc1N=C1NC(=O)/C(=C/c2ccc(OCC(N)=O)cc2)S1. The van der Waals surface area contributed by atoms with Gasteiger partial charge in [-0.25, -0.2) is 4.99 Å². The van der Waals surface area contributed by atoms with Crippen LogP contribution in [0.2, 0.25) is 0 Å². The van der Waals surface area contributed by atoms with Crippen molar-refractivity contribution in [1.29, 1.82) is 0 Å². The summed E-state index contributed by atoms with van der Waals surface area (Å²) in [6.45, 7) is 1.80. The van der Waals surface area contributed by atoms with Crippen LogP contribution in [-0.2, 0) is 9.59 Å². The molecule has 0 saturated carbocycles. The molecule has 1 fully saturated rings. The first-order valence-electron chi connectivity index (χ1n) is 7.87. The first kappa shape index (κ1) is 17.8. The van der Waals surface area contributed by atoms with E-state index in [1.807, 2.05) is 31.2 Å². The fourth-order valence-electron chi connectivity index (χ4n) is 2.24. The molecule has 1 saturated heterocycles. The number of carbonyl (C=O) groups excluding carboxylic acids is 2. The van der Waals surface area contributed by atoms with Gasteiger partial charge in [-0.1, -0.05) is 30.3 Å². The molecule has 1 heterocycles. The van der Waals surface area contributed by atoms with Gasteiger partial charge in [-0.15, -0.1) is 0 Å². The number of nitrogens with zero attached hydrogens (tertiary/aromatic N) is 1. The summed E-state index contributed by atoms with van der Waals surface area (Å²) < 4.78 is 5.21. The fraction of sp³-hybridized carbons (Fsp3) is 0.105. The minimum atomic E-state index is -0.532. The van der Waals surface area contributed by atoms with Crippen LogP contribution in [0.4, 0.5) is 5.69 Å². The van der Waals surface area contributed by atoms with Crippen LogP contribution >= 0.6 is 11.8 Å². The number of primary amides is 1. The lowest BCUT2D eigenvalue weighted by Crippen LogP contribution is -2.20. The molecular weight excluding hydrogens is 350 g/mol. The second-order valence-electron chi connectivity index (χ2n) is 5.59. The van der Waals surface area contributed by atoms with Gasteiger partial charge < -0.3 is 15.8 Å². The zero-order valence-electron chi connectivity index (χ0n) is 14.1. The van der Waals surface area contributed by atoms with E-state index in [-0.39, 0.29) is 12.5 Å². The molecule has 6 nitrogen and oxygen atoms in total. The Bertz CT molecular complexity index is 905. The minimum absolute atomic E-state index is 0.169. The highest BCUT2D eigenvalue weighted by Gasteiger charge is 2.23. The van der Waals surface area contributed by atoms with Gasteiger partial charge in [-0.3, -0.25) is 9.59 Å². The minimum Gasteiger partial charge on any atom is -0.484 e. The third-order valence-electron chi connectivity index (χ3n) is 3.55. The predicted molar refractivity (Wildman–Crippen MR) is 103 cm³/mol. The van der Waals surface area contributed by atoms with Crippen LogP contribution in [0.5, 0.6) is 5.75 Å². The average Bonchev–Trinajstić information content (AvgIpc) is 2.95. The van der Waals surface area contributed by atoms with Gasteiger partial charge in [0.15, 0.2) is 11.8 Å².